The van der Waals surface area contributed by atoms with E-state index in [-0.39, 0.29) is 23.7 Å². The van der Waals surface area contributed by atoms with Crippen LogP contribution in [-0.2, 0) is 9.59 Å². The molecule has 1 heterocycles. The predicted octanol–water partition coefficient (Wildman–Crippen LogP) is 3.47. The number of hydrogen-bond donors (Lipinski definition) is 0. The fourth-order valence-electron chi connectivity index (χ4n) is 4.29. The highest BCUT2D eigenvalue weighted by molar-refractivity contribution is 6.27. The van der Waals surface area contributed by atoms with E-state index in [2.05, 4.69) is 6.07 Å². The zero-order chi connectivity index (χ0) is 17.9. The van der Waals surface area contributed by atoms with Crippen molar-refractivity contribution in [3.63, 3.8) is 0 Å². The number of nitrogens with zero attached hydrogens (tertiary/aromatic N) is 2. The number of piperidine rings is 1. The highest BCUT2D eigenvalue weighted by Gasteiger charge is 2.76. The van der Waals surface area contributed by atoms with Gasteiger partial charge in [-0.15, -0.1) is 0 Å². The molecule has 1 aliphatic heterocycles. The molecule has 124 valence electrons. The minimum Gasteiger partial charge on any atom is -0.274 e. The minimum absolute atomic E-state index is 0.0950. The zero-order valence-corrected chi connectivity index (χ0v) is 14.4. The van der Waals surface area contributed by atoms with E-state index in [1.54, 1.807) is 12.1 Å². The summed E-state index contributed by atoms with van der Waals surface area (Å²) in [7, 11) is 0. The Balaban J connectivity index is 1.68. The average molecular weight is 330 g/mol. The van der Waals surface area contributed by atoms with Crippen LogP contribution < -0.4 is 4.90 Å². The molecule has 3 atom stereocenters. The van der Waals surface area contributed by atoms with Gasteiger partial charge in [0, 0.05) is 5.92 Å². The Morgan fingerprint density at radius 3 is 2.08 bits per heavy atom. The summed E-state index contributed by atoms with van der Waals surface area (Å²) in [6, 6.07) is 15.1. The fourth-order valence-corrected chi connectivity index (χ4v) is 4.29. The summed E-state index contributed by atoms with van der Waals surface area (Å²) in [5.74, 6) is -0.648. The molecule has 1 saturated carbocycles. The first kappa shape index (κ1) is 15.6. The van der Waals surface area contributed by atoms with E-state index in [1.165, 1.54) is 4.90 Å². The molecule has 0 bridgehead atoms. The van der Waals surface area contributed by atoms with Gasteiger partial charge in [0.1, 0.15) is 0 Å². The molecular formula is C21H18N2O2. The number of imide groups is 1. The Kier molecular flexibility index (Phi) is 3.14. The second kappa shape index (κ2) is 5.03. The number of nitriles is 1. The standard InChI is InChI=1S/C21H18N2O2/c1-12-8-13(2)10-16(9-12)23-19(24)18-17(21(18,3)20(23)25)15-6-4-14(11-22)5-7-15/h4-10,17-18H,1-3H3/t17-,18+,21+/m1/s1. The maximum absolute atomic E-state index is 13.1. The number of amides is 2. The smallest absolute Gasteiger partial charge is 0.241 e. The van der Waals surface area contributed by atoms with Crippen LogP contribution in [0.1, 0.15) is 35.1 Å². The first-order valence-corrected chi connectivity index (χ1v) is 8.34. The molecule has 1 saturated heterocycles. The van der Waals surface area contributed by atoms with Crippen LogP contribution >= 0.6 is 0 Å². The van der Waals surface area contributed by atoms with Gasteiger partial charge in [0.15, 0.2) is 0 Å². The van der Waals surface area contributed by atoms with Crippen LogP contribution in [-0.4, -0.2) is 11.8 Å². The molecule has 2 aromatic rings. The van der Waals surface area contributed by atoms with Gasteiger partial charge in [-0.05, 0) is 61.7 Å². The van der Waals surface area contributed by atoms with E-state index in [9.17, 15) is 9.59 Å². The molecule has 0 aromatic heterocycles. The number of anilines is 1. The molecule has 0 radical (unpaired) electrons. The lowest BCUT2D eigenvalue weighted by Gasteiger charge is -2.21. The Morgan fingerprint density at radius 1 is 1.00 bits per heavy atom. The quantitative estimate of drug-likeness (QED) is 0.792. The Morgan fingerprint density at radius 2 is 1.60 bits per heavy atom. The summed E-state index contributed by atoms with van der Waals surface area (Å²) < 4.78 is 0. The summed E-state index contributed by atoms with van der Waals surface area (Å²) in [5.41, 5.74) is 3.58. The first-order valence-electron chi connectivity index (χ1n) is 8.34. The summed E-state index contributed by atoms with van der Waals surface area (Å²) in [6.07, 6.45) is 0. The molecule has 25 heavy (non-hydrogen) atoms. The molecule has 0 N–H and O–H groups in total. The van der Waals surface area contributed by atoms with E-state index in [0.29, 0.717) is 11.3 Å². The molecule has 2 aliphatic rings. The molecule has 1 aliphatic carbocycles. The molecule has 4 nitrogen and oxygen atoms in total. The second-order valence-electron chi connectivity index (χ2n) is 7.30. The van der Waals surface area contributed by atoms with Gasteiger partial charge in [-0.1, -0.05) is 18.2 Å². The summed E-state index contributed by atoms with van der Waals surface area (Å²) in [4.78, 5) is 27.4. The van der Waals surface area contributed by atoms with Crippen LogP contribution in [0.25, 0.3) is 0 Å². The Hall–Kier alpha value is -2.93. The third kappa shape index (κ3) is 2.05. The van der Waals surface area contributed by atoms with Gasteiger partial charge in [0.05, 0.1) is 28.7 Å². The number of carbonyl (C=O) groups is 2. The van der Waals surface area contributed by atoms with Crippen molar-refractivity contribution in [2.75, 3.05) is 4.90 Å². The summed E-state index contributed by atoms with van der Waals surface area (Å²) in [6.45, 7) is 5.80. The molecule has 0 spiro atoms. The van der Waals surface area contributed by atoms with E-state index in [4.69, 9.17) is 5.26 Å². The van der Waals surface area contributed by atoms with Gasteiger partial charge in [-0.2, -0.15) is 5.26 Å². The predicted molar refractivity (Wildman–Crippen MR) is 93.9 cm³/mol. The average Bonchev–Trinajstić information content (AvgIpc) is 3.15. The molecule has 0 unspecified atom stereocenters. The van der Waals surface area contributed by atoms with E-state index >= 15 is 0 Å². The summed E-state index contributed by atoms with van der Waals surface area (Å²) in [5, 5.41) is 8.92. The van der Waals surface area contributed by atoms with Crippen molar-refractivity contribution in [1.82, 2.24) is 0 Å². The van der Waals surface area contributed by atoms with Gasteiger partial charge in [0.2, 0.25) is 11.8 Å². The largest absolute Gasteiger partial charge is 0.274 e. The molecule has 2 fully saturated rings. The molecule has 2 aromatic carbocycles. The van der Waals surface area contributed by atoms with Crippen LogP contribution in [0.15, 0.2) is 42.5 Å². The van der Waals surface area contributed by atoms with Crippen LogP contribution in [0.4, 0.5) is 5.69 Å². The zero-order valence-electron chi connectivity index (χ0n) is 14.4. The maximum atomic E-state index is 13.1. The van der Waals surface area contributed by atoms with Crippen molar-refractivity contribution in [2.24, 2.45) is 11.3 Å². The SMILES string of the molecule is Cc1cc(C)cc(N2C(=O)[C@@H]3[C@@H](c4ccc(C#N)cc4)[C@]3(C)C2=O)c1. The van der Waals surface area contributed by atoms with Crippen molar-refractivity contribution < 1.29 is 9.59 Å². The number of benzene rings is 2. The lowest BCUT2D eigenvalue weighted by Crippen LogP contribution is -2.36. The molecule has 2 amide bonds. The molecular weight excluding hydrogens is 312 g/mol. The third-order valence-electron chi connectivity index (χ3n) is 5.53. The topological polar surface area (TPSA) is 61.2 Å². The fraction of sp³-hybridized carbons (Fsp3) is 0.286. The number of fused-ring (bicyclic) bond motifs is 1. The Bertz CT molecular complexity index is 935. The maximum Gasteiger partial charge on any atom is 0.241 e. The second-order valence-corrected chi connectivity index (χ2v) is 7.30. The number of carbonyl (C=O) groups excluding carboxylic acids is 2. The van der Waals surface area contributed by atoms with Crippen LogP contribution in [0.3, 0.4) is 0 Å². The van der Waals surface area contributed by atoms with Gasteiger partial charge < -0.3 is 0 Å². The number of aryl methyl sites for hydroxylation is 2. The lowest BCUT2D eigenvalue weighted by molar-refractivity contribution is -0.125. The van der Waals surface area contributed by atoms with Gasteiger partial charge in [-0.3, -0.25) is 9.59 Å². The van der Waals surface area contributed by atoms with Crippen LogP contribution in [0, 0.1) is 36.5 Å². The number of hydrogen-bond acceptors (Lipinski definition) is 3. The lowest BCUT2D eigenvalue weighted by atomic mass is 9.98. The van der Waals surface area contributed by atoms with E-state index in [0.717, 1.165) is 16.7 Å². The third-order valence-corrected chi connectivity index (χ3v) is 5.53. The normalized spacial score (nSPS) is 27.2. The summed E-state index contributed by atoms with van der Waals surface area (Å²) >= 11 is 0. The van der Waals surface area contributed by atoms with Crippen molar-refractivity contribution in [3.8, 4) is 6.07 Å². The van der Waals surface area contributed by atoms with Gasteiger partial charge >= 0.3 is 0 Å². The van der Waals surface area contributed by atoms with Crippen molar-refractivity contribution in [3.05, 3.63) is 64.7 Å². The Labute approximate surface area is 146 Å². The van der Waals surface area contributed by atoms with E-state index < -0.39 is 5.41 Å². The van der Waals surface area contributed by atoms with Crippen molar-refractivity contribution >= 4 is 17.5 Å². The first-order chi connectivity index (χ1) is 11.9. The molecule has 4 rings (SSSR count). The van der Waals surface area contributed by atoms with Crippen molar-refractivity contribution in [1.29, 1.82) is 5.26 Å². The highest BCUT2D eigenvalue weighted by atomic mass is 16.2. The van der Waals surface area contributed by atoms with Gasteiger partial charge in [-0.25, -0.2) is 4.90 Å². The van der Waals surface area contributed by atoms with Crippen LogP contribution in [0.2, 0.25) is 0 Å². The van der Waals surface area contributed by atoms with Gasteiger partial charge in [0.25, 0.3) is 0 Å². The monoisotopic (exact) mass is 330 g/mol. The highest BCUT2D eigenvalue weighted by Crippen LogP contribution is 2.69. The van der Waals surface area contributed by atoms with E-state index in [1.807, 2.05) is 51.1 Å². The molecule has 4 heteroatoms. The number of rotatable bonds is 2. The van der Waals surface area contributed by atoms with Crippen molar-refractivity contribution in [2.45, 2.75) is 26.7 Å². The minimum atomic E-state index is -0.678. The van der Waals surface area contributed by atoms with Crippen LogP contribution in [0.5, 0.6) is 0 Å².